The van der Waals surface area contributed by atoms with Crippen LogP contribution in [0.4, 0.5) is 0 Å². The molecule has 3 aliphatic heterocycles. The van der Waals surface area contributed by atoms with E-state index in [0.29, 0.717) is 6.42 Å². The second kappa shape index (κ2) is 19.4. The highest BCUT2D eigenvalue weighted by Gasteiger charge is 2.48. The van der Waals surface area contributed by atoms with Crippen LogP contribution >= 0.6 is 0 Å². The van der Waals surface area contributed by atoms with Gasteiger partial charge in [0.15, 0.2) is 12.6 Å². The summed E-state index contributed by atoms with van der Waals surface area (Å²) in [5.41, 5.74) is 0.960. The largest absolute Gasteiger partial charge is 0.455 e. The van der Waals surface area contributed by atoms with Gasteiger partial charge in [-0.25, -0.2) is 4.79 Å². The first kappa shape index (κ1) is 41.2. The molecule has 0 aromatic heterocycles. The van der Waals surface area contributed by atoms with Crippen LogP contribution in [0.15, 0.2) is 48.1 Å². The van der Waals surface area contributed by atoms with Gasteiger partial charge in [-0.3, -0.25) is 4.79 Å². The third-order valence-corrected chi connectivity index (χ3v) is 9.69. The molecule has 278 valence electrons. The Morgan fingerprint density at radius 2 is 1.76 bits per heavy atom. The third-order valence-electron chi connectivity index (χ3n) is 9.69. The highest BCUT2D eigenvalue weighted by Crippen LogP contribution is 2.33. The van der Waals surface area contributed by atoms with Crippen molar-refractivity contribution in [1.82, 2.24) is 0 Å². The monoisotopic (exact) mass is 692 g/mol. The van der Waals surface area contributed by atoms with E-state index >= 15 is 0 Å². The predicted octanol–water partition coefficient (Wildman–Crippen LogP) is 4.31. The molecule has 0 saturated carbocycles. The first-order valence-corrected chi connectivity index (χ1v) is 17.9. The van der Waals surface area contributed by atoms with Crippen molar-refractivity contribution in [3.05, 3.63) is 48.1 Å². The molecule has 4 N–H and O–H groups in total. The van der Waals surface area contributed by atoms with Gasteiger partial charge in [-0.2, -0.15) is 0 Å². The summed E-state index contributed by atoms with van der Waals surface area (Å²) in [5, 5.41) is 42.3. The minimum Gasteiger partial charge on any atom is -0.455 e. The van der Waals surface area contributed by atoms with Crippen LogP contribution in [0.3, 0.4) is 0 Å². The SMILES string of the molecule is CCCC(C)C(OC1OC(C)C(OC2CC(O)C(O)C(C)O2)C(O)C1O)C(C)C(=O)C(C)C=C(C)C=CCC(C)C=CC1CC=CC(=O)O1. The summed E-state index contributed by atoms with van der Waals surface area (Å²) in [6, 6.07) is 0. The second-order valence-corrected chi connectivity index (χ2v) is 14.2. The summed E-state index contributed by atoms with van der Waals surface area (Å²) < 4.78 is 29.2. The van der Waals surface area contributed by atoms with E-state index in [2.05, 4.69) is 26.0 Å². The Bertz CT molecular complexity index is 1170. The zero-order valence-corrected chi connectivity index (χ0v) is 30.4. The van der Waals surface area contributed by atoms with Gasteiger partial charge in [-0.15, -0.1) is 0 Å². The van der Waals surface area contributed by atoms with E-state index in [4.69, 9.17) is 23.7 Å². The van der Waals surface area contributed by atoms with Crippen molar-refractivity contribution in [2.75, 3.05) is 0 Å². The molecular weight excluding hydrogens is 632 g/mol. The smallest absolute Gasteiger partial charge is 0.331 e. The highest BCUT2D eigenvalue weighted by molar-refractivity contribution is 5.85. The van der Waals surface area contributed by atoms with Gasteiger partial charge in [0.05, 0.1) is 24.4 Å². The van der Waals surface area contributed by atoms with Crippen molar-refractivity contribution < 1.29 is 53.7 Å². The van der Waals surface area contributed by atoms with Crippen LogP contribution in [0.2, 0.25) is 0 Å². The Hall–Kier alpha value is -2.22. The van der Waals surface area contributed by atoms with Crippen LogP contribution in [0.1, 0.15) is 87.5 Å². The van der Waals surface area contributed by atoms with E-state index in [1.165, 1.54) is 6.08 Å². The molecule has 15 atom stereocenters. The fourth-order valence-corrected chi connectivity index (χ4v) is 6.74. The molecule has 2 fully saturated rings. The van der Waals surface area contributed by atoms with Gasteiger partial charge in [0.2, 0.25) is 0 Å². The minimum atomic E-state index is -1.46. The van der Waals surface area contributed by atoms with Crippen molar-refractivity contribution in [2.24, 2.45) is 23.7 Å². The van der Waals surface area contributed by atoms with Crippen LogP contribution in [-0.2, 0) is 33.3 Å². The second-order valence-electron chi connectivity index (χ2n) is 14.2. The maximum absolute atomic E-state index is 13.7. The van der Waals surface area contributed by atoms with Crippen LogP contribution in [0, 0.1) is 23.7 Å². The number of ketones is 1. The summed E-state index contributed by atoms with van der Waals surface area (Å²) in [7, 11) is 0. The Morgan fingerprint density at radius 3 is 2.41 bits per heavy atom. The fourth-order valence-electron chi connectivity index (χ4n) is 6.74. The Labute approximate surface area is 292 Å². The van der Waals surface area contributed by atoms with Gasteiger partial charge in [-0.05, 0) is 51.5 Å². The number of ether oxygens (including phenoxy) is 5. The highest BCUT2D eigenvalue weighted by atomic mass is 16.7. The standard InChI is InChI=1S/C38H60O11/c1-9-12-23(4)36(49-38-35(44)34(43)37(27(8)46-38)48-31-20-29(39)33(42)26(7)45-31)25(6)32(41)24(5)19-22(3)14-10-13-21(2)17-18-28-15-11-16-30(40)47-28/h10-11,14,16-19,21,23-29,31,33-39,42-44H,9,12-13,15,20H2,1-8H3. The Kier molecular flexibility index (Phi) is 16.3. The lowest BCUT2D eigenvalue weighted by Gasteiger charge is -2.45. The number of allylic oxidation sites excluding steroid dienone is 5. The first-order chi connectivity index (χ1) is 23.1. The zero-order valence-electron chi connectivity index (χ0n) is 30.4. The molecule has 0 aromatic rings. The number of esters is 1. The number of aliphatic hydroxyl groups excluding tert-OH is 4. The predicted molar refractivity (Wildman–Crippen MR) is 184 cm³/mol. The van der Waals surface area contributed by atoms with Gasteiger partial charge < -0.3 is 44.1 Å². The minimum absolute atomic E-state index is 0.00231. The van der Waals surface area contributed by atoms with Crippen LogP contribution < -0.4 is 0 Å². The average molecular weight is 693 g/mol. The summed E-state index contributed by atoms with van der Waals surface area (Å²) in [6.45, 7) is 15.1. The lowest BCUT2D eigenvalue weighted by atomic mass is 9.83. The number of carbonyl (C=O) groups excluding carboxylic acids is 2. The molecule has 11 nitrogen and oxygen atoms in total. The van der Waals surface area contributed by atoms with Crippen LogP contribution in [0.25, 0.3) is 0 Å². The van der Waals surface area contributed by atoms with E-state index < -0.39 is 73.2 Å². The topological polar surface area (TPSA) is 161 Å². The van der Waals surface area contributed by atoms with E-state index in [-0.39, 0.29) is 36.1 Å². The van der Waals surface area contributed by atoms with Gasteiger partial charge in [0, 0.05) is 30.8 Å². The quantitative estimate of drug-likeness (QED) is 0.104. The summed E-state index contributed by atoms with van der Waals surface area (Å²) in [5.74, 6) is -1.03. The van der Waals surface area contributed by atoms with Gasteiger partial charge in [0.25, 0.3) is 0 Å². The maximum Gasteiger partial charge on any atom is 0.331 e. The average Bonchev–Trinajstić information content (AvgIpc) is 3.05. The number of carbonyl (C=O) groups is 2. The molecule has 49 heavy (non-hydrogen) atoms. The van der Waals surface area contributed by atoms with Crippen LogP contribution in [0.5, 0.6) is 0 Å². The number of Topliss-reactive ketones (excluding diaryl/α,β-unsaturated/α-hetero) is 1. The summed E-state index contributed by atoms with van der Waals surface area (Å²) in [6.07, 6.45) is 6.19. The summed E-state index contributed by atoms with van der Waals surface area (Å²) in [4.78, 5) is 25.2. The molecule has 0 aromatic carbocycles. The molecule has 3 heterocycles. The van der Waals surface area contributed by atoms with Crippen LogP contribution in [-0.4, -0.2) is 99.7 Å². The fraction of sp³-hybridized carbons (Fsp3) is 0.737. The normalized spacial score (nSPS) is 36.0. The van der Waals surface area contributed by atoms with Gasteiger partial charge in [0.1, 0.15) is 36.3 Å². The van der Waals surface area contributed by atoms with E-state index in [9.17, 15) is 30.0 Å². The molecule has 0 bridgehead atoms. The number of rotatable bonds is 16. The molecule has 0 spiro atoms. The van der Waals surface area contributed by atoms with E-state index in [1.807, 2.05) is 52.0 Å². The Balaban J connectivity index is 1.60. The summed E-state index contributed by atoms with van der Waals surface area (Å²) >= 11 is 0. The lowest BCUT2D eigenvalue weighted by Crippen LogP contribution is -2.61. The number of cyclic esters (lactones) is 1. The van der Waals surface area contributed by atoms with Crippen molar-refractivity contribution in [3.8, 4) is 0 Å². The molecule has 0 aliphatic carbocycles. The maximum atomic E-state index is 13.7. The lowest BCUT2D eigenvalue weighted by molar-refractivity contribution is -0.343. The molecule has 11 heteroatoms. The third kappa shape index (κ3) is 11.9. The van der Waals surface area contributed by atoms with E-state index in [1.54, 1.807) is 13.8 Å². The van der Waals surface area contributed by atoms with Gasteiger partial charge in [-0.1, -0.05) is 77.0 Å². The zero-order chi connectivity index (χ0) is 36.4. The van der Waals surface area contributed by atoms with E-state index in [0.717, 1.165) is 24.8 Å². The molecule has 0 amide bonds. The molecule has 3 rings (SSSR count). The van der Waals surface area contributed by atoms with Crippen molar-refractivity contribution in [1.29, 1.82) is 0 Å². The molecular formula is C38H60O11. The van der Waals surface area contributed by atoms with Crippen molar-refractivity contribution in [3.63, 3.8) is 0 Å². The molecule has 2 saturated heterocycles. The molecule has 3 aliphatic rings. The first-order valence-electron chi connectivity index (χ1n) is 17.9. The number of aliphatic hydroxyl groups is 4. The van der Waals surface area contributed by atoms with Gasteiger partial charge >= 0.3 is 5.97 Å². The van der Waals surface area contributed by atoms with Crippen molar-refractivity contribution in [2.45, 2.75) is 155 Å². The van der Waals surface area contributed by atoms with Crippen molar-refractivity contribution >= 4 is 11.8 Å². The Morgan fingerprint density at radius 1 is 1.04 bits per heavy atom. The molecule has 0 radical (unpaired) electrons. The molecule has 15 unspecified atom stereocenters. The number of hydrogen-bond acceptors (Lipinski definition) is 11. The number of hydrogen-bond donors (Lipinski definition) is 4.